The Bertz CT molecular complexity index is 87.1. The van der Waals surface area contributed by atoms with Gasteiger partial charge in [-0.15, -0.1) is 13.2 Å². The quantitative estimate of drug-likeness (QED) is 0.540. The maximum atomic E-state index is 5.19. The molecule has 9 heavy (non-hydrogen) atoms. The van der Waals surface area contributed by atoms with Crippen molar-refractivity contribution in [3.63, 3.8) is 0 Å². The molecule has 2 nitrogen and oxygen atoms in total. The van der Waals surface area contributed by atoms with E-state index in [1.54, 1.807) is 12.0 Å². The lowest BCUT2D eigenvalue weighted by atomic mass is 9.69. The standard InChI is InChI=1S/C6H12BNO/c1-3-7(4-2)9-6-5-8/h3-4H,1-2,5-6,8H2. The normalized spacial score (nSPS) is 8.56. The lowest BCUT2D eigenvalue weighted by Gasteiger charge is -2.02. The molecule has 0 aliphatic heterocycles. The van der Waals surface area contributed by atoms with Gasteiger partial charge in [-0.05, 0) is 0 Å². The van der Waals surface area contributed by atoms with Crippen molar-refractivity contribution in [3.8, 4) is 0 Å². The predicted molar refractivity (Wildman–Crippen MR) is 41.2 cm³/mol. The highest BCUT2D eigenvalue weighted by Crippen LogP contribution is 1.86. The number of hydrogen-bond acceptors (Lipinski definition) is 2. The van der Waals surface area contributed by atoms with Gasteiger partial charge in [0, 0.05) is 13.2 Å². The highest BCUT2D eigenvalue weighted by atomic mass is 16.4. The SMILES string of the molecule is C=CB(C=C)OCCN. The van der Waals surface area contributed by atoms with Crippen LogP contribution in [0.25, 0.3) is 0 Å². The van der Waals surface area contributed by atoms with E-state index in [0.717, 1.165) is 0 Å². The molecular formula is C6H12BNO. The average Bonchev–Trinajstić information content (AvgIpc) is 1.91. The monoisotopic (exact) mass is 125 g/mol. The van der Waals surface area contributed by atoms with E-state index in [0.29, 0.717) is 13.2 Å². The maximum Gasteiger partial charge on any atom is 0.345 e. The maximum absolute atomic E-state index is 5.19. The zero-order valence-corrected chi connectivity index (χ0v) is 5.55. The molecule has 0 aliphatic rings. The second kappa shape index (κ2) is 5.60. The number of hydrogen-bond donors (Lipinski definition) is 1. The molecule has 0 aromatic heterocycles. The Balaban J connectivity index is 3.30. The summed E-state index contributed by atoms with van der Waals surface area (Å²) in [7, 11) is 0. The third-order valence-corrected chi connectivity index (χ3v) is 0.893. The van der Waals surface area contributed by atoms with Gasteiger partial charge in [-0.1, -0.05) is 12.0 Å². The van der Waals surface area contributed by atoms with Crippen LogP contribution in [0.2, 0.25) is 0 Å². The molecule has 0 saturated carbocycles. The van der Waals surface area contributed by atoms with Crippen molar-refractivity contribution in [2.75, 3.05) is 13.2 Å². The lowest BCUT2D eigenvalue weighted by Crippen LogP contribution is -2.18. The summed E-state index contributed by atoms with van der Waals surface area (Å²) in [5, 5.41) is 0. The molecule has 0 heterocycles. The second-order valence-electron chi connectivity index (χ2n) is 1.60. The fraction of sp³-hybridized carbons (Fsp3) is 0.333. The van der Waals surface area contributed by atoms with E-state index < -0.39 is 0 Å². The van der Waals surface area contributed by atoms with E-state index in [4.69, 9.17) is 10.4 Å². The van der Waals surface area contributed by atoms with Crippen LogP contribution >= 0.6 is 0 Å². The molecule has 0 aromatic carbocycles. The fourth-order valence-electron chi connectivity index (χ4n) is 0.436. The molecule has 0 unspecified atom stereocenters. The van der Waals surface area contributed by atoms with E-state index >= 15 is 0 Å². The molecule has 0 fully saturated rings. The third kappa shape index (κ3) is 4.00. The zero-order valence-electron chi connectivity index (χ0n) is 5.55. The van der Waals surface area contributed by atoms with Crippen molar-refractivity contribution >= 4 is 6.92 Å². The van der Waals surface area contributed by atoms with Crippen LogP contribution in [0.5, 0.6) is 0 Å². The Kier molecular flexibility index (Phi) is 5.27. The average molecular weight is 125 g/mol. The summed E-state index contributed by atoms with van der Waals surface area (Å²) in [5.74, 6) is 3.37. The van der Waals surface area contributed by atoms with Crippen LogP contribution in [0.3, 0.4) is 0 Å². The van der Waals surface area contributed by atoms with Crippen molar-refractivity contribution in [2.45, 2.75) is 0 Å². The van der Waals surface area contributed by atoms with Gasteiger partial charge in [-0.3, -0.25) is 0 Å². The molecule has 0 aliphatic carbocycles. The van der Waals surface area contributed by atoms with Gasteiger partial charge in [0.2, 0.25) is 0 Å². The van der Waals surface area contributed by atoms with Gasteiger partial charge >= 0.3 is 6.92 Å². The fourth-order valence-corrected chi connectivity index (χ4v) is 0.436. The first-order chi connectivity index (χ1) is 4.35. The van der Waals surface area contributed by atoms with E-state index in [9.17, 15) is 0 Å². The predicted octanol–water partition coefficient (Wildman–Crippen LogP) is 0.404. The van der Waals surface area contributed by atoms with Gasteiger partial charge in [0.05, 0.1) is 0 Å². The molecule has 0 rings (SSSR count). The summed E-state index contributed by atoms with van der Waals surface area (Å²) in [4.78, 5) is 0. The molecule has 0 bridgehead atoms. The summed E-state index contributed by atoms with van der Waals surface area (Å²) >= 11 is 0. The third-order valence-electron chi connectivity index (χ3n) is 0.893. The lowest BCUT2D eigenvalue weighted by molar-refractivity contribution is 0.343. The highest BCUT2D eigenvalue weighted by Gasteiger charge is 2.01. The van der Waals surface area contributed by atoms with Crippen molar-refractivity contribution in [1.82, 2.24) is 0 Å². The van der Waals surface area contributed by atoms with Crippen LogP contribution in [-0.4, -0.2) is 20.1 Å². The smallest absolute Gasteiger partial charge is 0.345 e. The van der Waals surface area contributed by atoms with E-state index in [-0.39, 0.29) is 6.92 Å². The van der Waals surface area contributed by atoms with Crippen LogP contribution < -0.4 is 5.73 Å². The molecule has 0 radical (unpaired) electrons. The number of nitrogens with two attached hydrogens (primary N) is 1. The van der Waals surface area contributed by atoms with Gasteiger partial charge < -0.3 is 10.4 Å². The van der Waals surface area contributed by atoms with E-state index in [1.807, 2.05) is 0 Å². The topological polar surface area (TPSA) is 35.2 Å². The molecule has 0 atom stereocenters. The summed E-state index contributed by atoms with van der Waals surface area (Å²) in [6.45, 7) is 8.15. The summed E-state index contributed by atoms with van der Waals surface area (Å²) < 4.78 is 5.13. The Morgan fingerprint density at radius 1 is 1.44 bits per heavy atom. The van der Waals surface area contributed by atoms with Crippen LogP contribution in [-0.2, 0) is 4.65 Å². The molecular weight excluding hydrogens is 113 g/mol. The molecule has 0 aromatic rings. The molecule has 3 heteroatoms. The van der Waals surface area contributed by atoms with Gasteiger partial charge in [-0.25, -0.2) is 0 Å². The van der Waals surface area contributed by atoms with Gasteiger partial charge in [0.25, 0.3) is 0 Å². The van der Waals surface area contributed by atoms with Crippen molar-refractivity contribution in [1.29, 1.82) is 0 Å². The molecule has 0 saturated heterocycles. The van der Waals surface area contributed by atoms with Crippen LogP contribution in [0.1, 0.15) is 0 Å². The Morgan fingerprint density at radius 3 is 2.33 bits per heavy atom. The van der Waals surface area contributed by atoms with Crippen LogP contribution in [0, 0.1) is 0 Å². The van der Waals surface area contributed by atoms with Gasteiger partial charge in [-0.2, -0.15) is 0 Å². The summed E-state index contributed by atoms with van der Waals surface area (Å²) in [6, 6.07) is 0. The minimum absolute atomic E-state index is 0.0476. The zero-order chi connectivity index (χ0) is 7.11. The van der Waals surface area contributed by atoms with E-state index in [2.05, 4.69) is 13.2 Å². The number of rotatable bonds is 5. The molecule has 50 valence electrons. The highest BCUT2D eigenvalue weighted by molar-refractivity contribution is 6.62. The van der Waals surface area contributed by atoms with E-state index in [1.165, 1.54) is 0 Å². The Morgan fingerprint density at radius 2 is 2.00 bits per heavy atom. The Labute approximate surface area is 56.5 Å². The van der Waals surface area contributed by atoms with Crippen molar-refractivity contribution in [3.05, 3.63) is 25.1 Å². The molecule has 2 N–H and O–H groups in total. The minimum atomic E-state index is -0.0476. The largest absolute Gasteiger partial charge is 0.426 e. The molecule has 0 amide bonds. The second-order valence-corrected chi connectivity index (χ2v) is 1.60. The van der Waals surface area contributed by atoms with Crippen molar-refractivity contribution < 1.29 is 4.65 Å². The van der Waals surface area contributed by atoms with Gasteiger partial charge in [0.15, 0.2) is 0 Å². The van der Waals surface area contributed by atoms with Crippen LogP contribution in [0.15, 0.2) is 25.1 Å². The summed E-state index contributed by atoms with van der Waals surface area (Å²) in [5.41, 5.74) is 5.19. The minimum Gasteiger partial charge on any atom is -0.426 e. The Hall–Kier alpha value is -0.535. The van der Waals surface area contributed by atoms with Crippen molar-refractivity contribution in [2.24, 2.45) is 5.73 Å². The first-order valence-corrected chi connectivity index (χ1v) is 2.92. The first kappa shape index (κ1) is 8.46. The van der Waals surface area contributed by atoms with Crippen LogP contribution in [0.4, 0.5) is 0 Å². The first-order valence-electron chi connectivity index (χ1n) is 2.92. The summed E-state index contributed by atoms with van der Waals surface area (Å²) in [6.07, 6.45) is 0. The van der Waals surface area contributed by atoms with Gasteiger partial charge in [0.1, 0.15) is 0 Å². The molecule has 0 spiro atoms.